The SMILES string of the molecule is CC(C)=O.OCC1COCCO1. The lowest BCUT2D eigenvalue weighted by Crippen LogP contribution is -2.31. The molecule has 1 heterocycles. The van der Waals surface area contributed by atoms with Gasteiger partial charge in [-0.15, -0.1) is 0 Å². The Labute approximate surface area is 72.5 Å². The van der Waals surface area contributed by atoms with Crippen LogP contribution in [0.25, 0.3) is 0 Å². The maximum absolute atomic E-state index is 9.44. The quantitative estimate of drug-likeness (QED) is 0.610. The van der Waals surface area contributed by atoms with Gasteiger partial charge in [0.25, 0.3) is 0 Å². The molecule has 0 aliphatic carbocycles. The molecule has 1 saturated heterocycles. The minimum Gasteiger partial charge on any atom is -0.394 e. The first-order valence-corrected chi connectivity index (χ1v) is 3.94. The smallest absolute Gasteiger partial charge is 0.126 e. The van der Waals surface area contributed by atoms with E-state index in [-0.39, 0.29) is 18.5 Å². The molecule has 0 spiro atoms. The Morgan fingerprint density at radius 1 is 1.50 bits per heavy atom. The fourth-order valence-corrected chi connectivity index (χ4v) is 0.642. The van der Waals surface area contributed by atoms with Gasteiger partial charge in [-0.3, -0.25) is 0 Å². The van der Waals surface area contributed by atoms with Gasteiger partial charge in [0.05, 0.1) is 26.4 Å². The molecule has 0 aromatic carbocycles. The zero-order valence-corrected chi connectivity index (χ0v) is 7.58. The normalized spacial score (nSPS) is 22.4. The Morgan fingerprint density at radius 3 is 2.33 bits per heavy atom. The van der Waals surface area contributed by atoms with Crippen LogP contribution in [0.1, 0.15) is 13.8 Å². The predicted molar refractivity (Wildman–Crippen MR) is 44.0 cm³/mol. The highest BCUT2D eigenvalue weighted by atomic mass is 16.6. The Bertz CT molecular complexity index is 114. The average Bonchev–Trinajstić information content (AvgIpc) is 2.05. The average molecular weight is 176 g/mol. The van der Waals surface area contributed by atoms with Gasteiger partial charge < -0.3 is 19.4 Å². The molecule has 12 heavy (non-hydrogen) atoms. The lowest BCUT2D eigenvalue weighted by molar-refractivity contribution is -0.114. The van der Waals surface area contributed by atoms with Crippen molar-refractivity contribution in [2.45, 2.75) is 20.0 Å². The fourth-order valence-electron chi connectivity index (χ4n) is 0.642. The number of hydrogen-bond donors (Lipinski definition) is 1. The van der Waals surface area contributed by atoms with Crippen molar-refractivity contribution in [3.8, 4) is 0 Å². The third kappa shape index (κ3) is 7.65. The van der Waals surface area contributed by atoms with Crippen LogP contribution in [0.15, 0.2) is 0 Å². The van der Waals surface area contributed by atoms with Crippen LogP contribution in [0.3, 0.4) is 0 Å². The van der Waals surface area contributed by atoms with E-state index < -0.39 is 0 Å². The number of ether oxygens (including phenoxy) is 2. The van der Waals surface area contributed by atoms with Crippen LogP contribution in [0, 0.1) is 0 Å². The summed E-state index contributed by atoms with van der Waals surface area (Å²) in [6, 6.07) is 0. The number of aliphatic hydroxyl groups excluding tert-OH is 1. The van der Waals surface area contributed by atoms with Crippen molar-refractivity contribution in [2.75, 3.05) is 26.4 Å². The molecule has 0 bridgehead atoms. The van der Waals surface area contributed by atoms with Gasteiger partial charge in [-0.2, -0.15) is 0 Å². The lowest BCUT2D eigenvalue weighted by Gasteiger charge is -2.20. The molecule has 0 aromatic rings. The van der Waals surface area contributed by atoms with Crippen LogP contribution in [0.5, 0.6) is 0 Å². The summed E-state index contributed by atoms with van der Waals surface area (Å²) in [7, 11) is 0. The molecular weight excluding hydrogens is 160 g/mol. The molecule has 4 nitrogen and oxygen atoms in total. The molecule has 1 rings (SSSR count). The van der Waals surface area contributed by atoms with E-state index >= 15 is 0 Å². The number of aliphatic hydroxyl groups is 1. The summed E-state index contributed by atoms with van der Waals surface area (Å²) >= 11 is 0. The van der Waals surface area contributed by atoms with Crippen LogP contribution < -0.4 is 0 Å². The number of ketones is 1. The van der Waals surface area contributed by atoms with Crippen LogP contribution in [0.4, 0.5) is 0 Å². The van der Waals surface area contributed by atoms with E-state index in [0.29, 0.717) is 19.8 Å². The van der Waals surface area contributed by atoms with Gasteiger partial charge >= 0.3 is 0 Å². The second kappa shape index (κ2) is 7.21. The summed E-state index contributed by atoms with van der Waals surface area (Å²) in [6.07, 6.45) is -0.0799. The van der Waals surface area contributed by atoms with E-state index in [4.69, 9.17) is 14.6 Å². The summed E-state index contributed by atoms with van der Waals surface area (Å²) in [5.74, 6) is 0.167. The largest absolute Gasteiger partial charge is 0.394 e. The van der Waals surface area contributed by atoms with Crippen LogP contribution >= 0.6 is 0 Å². The molecule has 0 saturated carbocycles. The van der Waals surface area contributed by atoms with Gasteiger partial charge in [0.1, 0.15) is 11.9 Å². The highest BCUT2D eigenvalue weighted by molar-refractivity contribution is 5.72. The topological polar surface area (TPSA) is 55.8 Å². The van der Waals surface area contributed by atoms with Gasteiger partial charge in [0.2, 0.25) is 0 Å². The highest BCUT2D eigenvalue weighted by Crippen LogP contribution is 1.97. The van der Waals surface area contributed by atoms with Crippen molar-refractivity contribution in [1.29, 1.82) is 0 Å². The van der Waals surface area contributed by atoms with Crippen LogP contribution in [-0.2, 0) is 14.3 Å². The number of carbonyl (C=O) groups is 1. The van der Waals surface area contributed by atoms with Crippen molar-refractivity contribution in [3.05, 3.63) is 0 Å². The number of Topliss-reactive ketones (excluding diaryl/α,β-unsaturated/α-hetero) is 1. The summed E-state index contributed by atoms with van der Waals surface area (Å²) < 4.78 is 10.0. The summed E-state index contributed by atoms with van der Waals surface area (Å²) in [5.41, 5.74) is 0. The van der Waals surface area contributed by atoms with E-state index in [2.05, 4.69) is 0 Å². The fraction of sp³-hybridized carbons (Fsp3) is 0.875. The van der Waals surface area contributed by atoms with Crippen molar-refractivity contribution >= 4 is 5.78 Å². The predicted octanol–water partition coefficient (Wildman–Crippen LogP) is -0.0106. The highest BCUT2D eigenvalue weighted by Gasteiger charge is 2.11. The molecule has 72 valence electrons. The number of rotatable bonds is 1. The zero-order valence-electron chi connectivity index (χ0n) is 7.58. The molecule has 1 unspecified atom stereocenters. The van der Waals surface area contributed by atoms with E-state index in [1.807, 2.05) is 0 Å². The van der Waals surface area contributed by atoms with Crippen LogP contribution in [0.2, 0.25) is 0 Å². The molecule has 1 fully saturated rings. The monoisotopic (exact) mass is 176 g/mol. The van der Waals surface area contributed by atoms with Gasteiger partial charge in [-0.25, -0.2) is 0 Å². The van der Waals surface area contributed by atoms with Crippen molar-refractivity contribution in [1.82, 2.24) is 0 Å². The maximum Gasteiger partial charge on any atom is 0.126 e. The van der Waals surface area contributed by atoms with Gasteiger partial charge in [-0.05, 0) is 13.8 Å². The Balaban J connectivity index is 0.000000261. The van der Waals surface area contributed by atoms with Crippen molar-refractivity contribution < 1.29 is 19.4 Å². The second-order valence-corrected chi connectivity index (χ2v) is 2.66. The molecule has 1 aliphatic heterocycles. The Morgan fingerprint density at radius 2 is 2.08 bits per heavy atom. The van der Waals surface area contributed by atoms with E-state index in [1.165, 1.54) is 13.8 Å². The van der Waals surface area contributed by atoms with Gasteiger partial charge in [0.15, 0.2) is 0 Å². The number of hydrogen-bond acceptors (Lipinski definition) is 4. The Kier molecular flexibility index (Phi) is 6.94. The summed E-state index contributed by atoms with van der Waals surface area (Å²) in [5, 5.41) is 8.49. The number of carbonyl (C=O) groups excluding carboxylic acids is 1. The molecule has 1 atom stereocenters. The first kappa shape index (κ1) is 11.6. The Hall–Kier alpha value is -0.450. The lowest BCUT2D eigenvalue weighted by atomic mass is 10.4. The van der Waals surface area contributed by atoms with E-state index in [9.17, 15) is 4.79 Å². The molecule has 1 aliphatic rings. The first-order chi connectivity index (χ1) is 5.66. The van der Waals surface area contributed by atoms with Gasteiger partial charge in [0, 0.05) is 0 Å². The minimum absolute atomic E-state index is 0.0694. The standard InChI is InChI=1S/C5H10O3.C3H6O/c6-3-5-4-7-1-2-8-5;1-3(2)4/h5-6H,1-4H2;1-2H3. The zero-order chi connectivity index (χ0) is 9.40. The van der Waals surface area contributed by atoms with Gasteiger partial charge in [-0.1, -0.05) is 0 Å². The third-order valence-corrected chi connectivity index (χ3v) is 1.09. The van der Waals surface area contributed by atoms with Crippen molar-refractivity contribution in [2.24, 2.45) is 0 Å². The third-order valence-electron chi connectivity index (χ3n) is 1.09. The minimum atomic E-state index is -0.0799. The molecule has 1 N–H and O–H groups in total. The second-order valence-electron chi connectivity index (χ2n) is 2.66. The molecule has 0 amide bonds. The summed E-state index contributed by atoms with van der Waals surface area (Å²) in [4.78, 5) is 9.44. The molecule has 0 radical (unpaired) electrons. The first-order valence-electron chi connectivity index (χ1n) is 3.94. The van der Waals surface area contributed by atoms with E-state index in [1.54, 1.807) is 0 Å². The summed E-state index contributed by atoms with van der Waals surface area (Å²) in [6.45, 7) is 4.94. The molecular formula is C8H16O4. The van der Waals surface area contributed by atoms with Crippen LogP contribution in [-0.4, -0.2) is 43.4 Å². The van der Waals surface area contributed by atoms with Crippen molar-refractivity contribution in [3.63, 3.8) is 0 Å². The maximum atomic E-state index is 9.44. The van der Waals surface area contributed by atoms with E-state index in [0.717, 1.165) is 0 Å². The molecule has 4 heteroatoms. The molecule has 0 aromatic heterocycles.